The van der Waals surface area contributed by atoms with Crippen molar-refractivity contribution in [3.63, 3.8) is 0 Å². The van der Waals surface area contributed by atoms with Gasteiger partial charge in [-0.1, -0.05) is 20.8 Å². The quantitative estimate of drug-likeness (QED) is 0.450. The number of hydrogen-bond donors (Lipinski definition) is 2. The van der Waals surface area contributed by atoms with Crippen LogP contribution in [0.1, 0.15) is 71.9 Å². The molecule has 10 heteroatoms. The number of hydrogen-bond acceptors (Lipinski definition) is 2. The Bertz CT molecular complexity index is 1090. The van der Waals surface area contributed by atoms with Crippen LogP contribution in [-0.4, -0.2) is 24.4 Å². The molecule has 0 saturated heterocycles. The van der Waals surface area contributed by atoms with Crippen LogP contribution in [0.2, 0.25) is 0 Å². The Morgan fingerprint density at radius 2 is 1.22 bits per heavy atom. The van der Waals surface area contributed by atoms with E-state index in [0.29, 0.717) is 12.8 Å². The molecule has 0 spiro atoms. The maximum atomic E-state index is 12.8. The maximum Gasteiger partial charge on any atom is 0.416 e. The Kier molecular flexibility index (Phi) is 7.49. The van der Waals surface area contributed by atoms with Crippen LogP contribution >= 0.6 is 0 Å². The van der Waals surface area contributed by atoms with Gasteiger partial charge < -0.3 is 10.6 Å². The second kappa shape index (κ2) is 9.78. The maximum absolute atomic E-state index is 12.8. The van der Waals surface area contributed by atoms with Crippen molar-refractivity contribution in [2.75, 3.05) is 6.54 Å². The molecule has 36 heavy (non-hydrogen) atoms. The van der Waals surface area contributed by atoms with E-state index in [-0.39, 0.29) is 29.1 Å². The highest BCUT2D eigenvalue weighted by Gasteiger charge is 2.42. The highest BCUT2D eigenvalue weighted by Crippen LogP contribution is 2.46. The van der Waals surface area contributed by atoms with E-state index < -0.39 is 40.7 Å². The summed E-state index contributed by atoms with van der Waals surface area (Å²) in [6.07, 6.45) is -7.11. The molecule has 1 saturated carbocycles. The number of carbonyl (C=O) groups is 2. The Labute approximate surface area is 205 Å². The number of halogens is 6. The number of rotatable bonds is 5. The van der Waals surface area contributed by atoms with Gasteiger partial charge in [-0.3, -0.25) is 9.59 Å². The monoisotopic (exact) mass is 514 g/mol. The van der Waals surface area contributed by atoms with Crippen molar-refractivity contribution >= 4 is 11.8 Å². The molecule has 2 aromatic rings. The number of alkyl halides is 6. The predicted molar refractivity (Wildman–Crippen MR) is 122 cm³/mol. The third-order valence-electron chi connectivity index (χ3n) is 6.40. The molecule has 196 valence electrons. The molecule has 3 rings (SSSR count). The highest BCUT2D eigenvalue weighted by molar-refractivity contribution is 5.95. The molecule has 0 radical (unpaired) electrons. The van der Waals surface area contributed by atoms with E-state index in [0.717, 1.165) is 55.0 Å². The van der Waals surface area contributed by atoms with Gasteiger partial charge in [0.05, 0.1) is 11.1 Å². The molecule has 0 bridgehead atoms. The average molecular weight is 515 g/mol. The molecule has 1 aliphatic rings. The fourth-order valence-electron chi connectivity index (χ4n) is 5.16. The Balaban J connectivity index is 1.64. The summed E-state index contributed by atoms with van der Waals surface area (Å²) in [7, 11) is 0. The molecule has 1 aliphatic carbocycles. The smallest absolute Gasteiger partial charge is 0.351 e. The zero-order valence-electron chi connectivity index (χ0n) is 20.1. The first kappa shape index (κ1) is 27.5. The summed E-state index contributed by atoms with van der Waals surface area (Å²) in [6, 6.07) is 7.67. The first-order valence-electron chi connectivity index (χ1n) is 11.4. The van der Waals surface area contributed by atoms with Gasteiger partial charge in [-0.25, -0.2) is 0 Å². The number of amides is 2. The van der Waals surface area contributed by atoms with E-state index in [1.165, 1.54) is 0 Å². The number of nitrogens with one attached hydrogen (secondary N) is 2. The predicted octanol–water partition coefficient (Wildman–Crippen LogP) is 6.47. The highest BCUT2D eigenvalue weighted by atomic mass is 19.4. The van der Waals surface area contributed by atoms with E-state index in [1.54, 1.807) is 0 Å². The Morgan fingerprint density at radius 3 is 1.67 bits per heavy atom. The first-order valence-corrected chi connectivity index (χ1v) is 11.4. The second-order valence-corrected chi connectivity index (χ2v) is 10.6. The summed E-state index contributed by atoms with van der Waals surface area (Å²) in [5.41, 5.74) is -2.09. The first-order chi connectivity index (χ1) is 16.5. The third kappa shape index (κ3) is 7.01. The molecule has 0 aliphatic heterocycles. The van der Waals surface area contributed by atoms with Gasteiger partial charge in [0.25, 0.3) is 11.8 Å². The summed E-state index contributed by atoms with van der Waals surface area (Å²) < 4.78 is 76.7. The largest absolute Gasteiger partial charge is 0.416 e. The Morgan fingerprint density at radius 1 is 0.778 bits per heavy atom. The van der Waals surface area contributed by atoms with Crippen molar-refractivity contribution in [1.82, 2.24) is 10.6 Å². The van der Waals surface area contributed by atoms with Crippen LogP contribution in [0.3, 0.4) is 0 Å². The third-order valence-corrected chi connectivity index (χ3v) is 6.40. The van der Waals surface area contributed by atoms with Crippen molar-refractivity contribution in [3.8, 4) is 0 Å². The van der Waals surface area contributed by atoms with E-state index in [1.807, 2.05) is 20.8 Å². The molecule has 2 atom stereocenters. The number of benzene rings is 2. The molecular weight excluding hydrogens is 486 g/mol. The van der Waals surface area contributed by atoms with E-state index >= 15 is 0 Å². The summed E-state index contributed by atoms with van der Waals surface area (Å²) >= 11 is 0. The molecule has 4 nitrogen and oxygen atoms in total. The topological polar surface area (TPSA) is 58.2 Å². The van der Waals surface area contributed by atoms with Crippen LogP contribution in [-0.2, 0) is 12.4 Å². The molecule has 2 N–H and O–H groups in total. The normalized spacial score (nSPS) is 22.1. The van der Waals surface area contributed by atoms with Gasteiger partial charge in [-0.2, -0.15) is 26.3 Å². The van der Waals surface area contributed by atoms with Crippen molar-refractivity contribution in [3.05, 3.63) is 70.8 Å². The Hall–Kier alpha value is -3.04. The van der Waals surface area contributed by atoms with Gasteiger partial charge in [0.1, 0.15) is 0 Å². The molecule has 0 unspecified atom stereocenters. The van der Waals surface area contributed by atoms with Gasteiger partial charge in [-0.15, -0.1) is 0 Å². The second-order valence-electron chi connectivity index (χ2n) is 10.6. The van der Waals surface area contributed by atoms with Crippen LogP contribution < -0.4 is 10.6 Å². The standard InChI is InChI=1S/C26H28F6N2O2/c1-23(2)12-20(34-22(36)17-6-10-19(11-7-17)26(30,31)32)13-24(3,14-23)15-33-21(35)16-4-8-18(9-5-16)25(27,28)29/h4-11,20H,12-15H2,1-3H3,(H,33,35)(H,34,36)/t20-,24+/m0/s1. The summed E-state index contributed by atoms with van der Waals surface area (Å²) in [4.78, 5) is 25.3. The lowest BCUT2D eigenvalue weighted by atomic mass is 9.62. The molecule has 2 aromatic carbocycles. The summed E-state index contributed by atoms with van der Waals surface area (Å²) in [6.45, 7) is 6.25. The van der Waals surface area contributed by atoms with Crippen LogP contribution in [0.4, 0.5) is 26.3 Å². The molecule has 1 fully saturated rings. The van der Waals surface area contributed by atoms with Crippen molar-refractivity contribution < 1.29 is 35.9 Å². The zero-order chi connectivity index (χ0) is 26.9. The van der Waals surface area contributed by atoms with Crippen LogP contribution in [0.25, 0.3) is 0 Å². The minimum Gasteiger partial charge on any atom is -0.351 e. The fraction of sp³-hybridized carbons (Fsp3) is 0.462. The molecular formula is C26H28F6N2O2. The van der Waals surface area contributed by atoms with Gasteiger partial charge >= 0.3 is 12.4 Å². The molecule has 2 amide bonds. The lowest BCUT2D eigenvalue weighted by molar-refractivity contribution is -0.138. The fourth-order valence-corrected chi connectivity index (χ4v) is 5.16. The lowest BCUT2D eigenvalue weighted by Gasteiger charge is -2.47. The van der Waals surface area contributed by atoms with E-state index in [4.69, 9.17) is 0 Å². The SMILES string of the molecule is CC1(C)C[C@H](NC(=O)c2ccc(C(F)(F)F)cc2)C[C@@](C)(CNC(=O)c2ccc(C(F)(F)F)cc2)C1. The van der Waals surface area contributed by atoms with Crippen LogP contribution in [0.15, 0.2) is 48.5 Å². The average Bonchev–Trinajstić information content (AvgIpc) is 2.75. The lowest BCUT2D eigenvalue weighted by Crippen LogP contribution is -2.50. The summed E-state index contributed by atoms with van der Waals surface area (Å²) in [5, 5.41) is 5.70. The van der Waals surface area contributed by atoms with E-state index in [9.17, 15) is 35.9 Å². The van der Waals surface area contributed by atoms with Gasteiger partial charge in [0, 0.05) is 23.7 Å². The van der Waals surface area contributed by atoms with Crippen LogP contribution in [0.5, 0.6) is 0 Å². The van der Waals surface area contributed by atoms with Crippen LogP contribution in [0, 0.1) is 10.8 Å². The minimum atomic E-state index is -4.49. The molecule has 0 aromatic heterocycles. The zero-order valence-corrected chi connectivity index (χ0v) is 20.1. The van der Waals surface area contributed by atoms with Gasteiger partial charge in [0.15, 0.2) is 0 Å². The van der Waals surface area contributed by atoms with Gasteiger partial charge in [0.2, 0.25) is 0 Å². The number of carbonyl (C=O) groups excluding carboxylic acids is 2. The van der Waals surface area contributed by atoms with E-state index in [2.05, 4.69) is 10.6 Å². The van der Waals surface area contributed by atoms with Crippen molar-refractivity contribution in [2.45, 2.75) is 58.4 Å². The minimum absolute atomic E-state index is 0.105. The van der Waals surface area contributed by atoms with Crippen molar-refractivity contribution in [1.29, 1.82) is 0 Å². The molecule has 0 heterocycles. The van der Waals surface area contributed by atoms with Crippen molar-refractivity contribution in [2.24, 2.45) is 10.8 Å². The summed E-state index contributed by atoms with van der Waals surface area (Å²) in [5.74, 6) is -0.985. The van der Waals surface area contributed by atoms with Gasteiger partial charge in [-0.05, 0) is 78.6 Å².